The van der Waals surface area contributed by atoms with E-state index in [1.165, 1.54) is 0 Å². The summed E-state index contributed by atoms with van der Waals surface area (Å²) in [6.45, 7) is 4.46. The molecule has 3 aromatic rings. The molecule has 0 N–H and O–H groups in total. The lowest BCUT2D eigenvalue weighted by Gasteiger charge is -2.28. The molecule has 0 fully saturated rings. The molecule has 0 aliphatic carbocycles. The van der Waals surface area contributed by atoms with E-state index in [1.54, 1.807) is 36.3 Å². The van der Waals surface area contributed by atoms with Crippen molar-refractivity contribution in [2.45, 2.75) is 32.7 Å². The van der Waals surface area contributed by atoms with Crippen LogP contribution >= 0.6 is 0 Å². The highest BCUT2D eigenvalue weighted by atomic mass is 16.2. The second kappa shape index (κ2) is 10.9. The predicted octanol–water partition coefficient (Wildman–Crippen LogP) is 2.43. The Morgan fingerprint density at radius 2 is 1.74 bits per heavy atom. The molecule has 3 heterocycles. The largest absolute Gasteiger partial charge is 0.339 e. The molecule has 178 valence electrons. The van der Waals surface area contributed by atoms with Crippen LogP contribution in [-0.2, 0) is 29.6 Å². The van der Waals surface area contributed by atoms with Crippen LogP contribution < -0.4 is 9.80 Å². The summed E-state index contributed by atoms with van der Waals surface area (Å²) in [4.78, 5) is 40.5. The smallest absolute Gasteiger partial charge is 0.225 e. The van der Waals surface area contributed by atoms with Crippen LogP contribution in [0.25, 0.3) is 0 Å². The molecule has 0 saturated heterocycles. The Hall–Kier alpha value is -3.75. The van der Waals surface area contributed by atoms with Crippen molar-refractivity contribution in [1.82, 2.24) is 24.6 Å². The third kappa shape index (κ3) is 5.59. The summed E-state index contributed by atoms with van der Waals surface area (Å²) in [6, 6.07) is 11.6. The zero-order chi connectivity index (χ0) is 23.9. The number of nitrogens with zero attached hydrogens (tertiary/aromatic N) is 7. The lowest BCUT2D eigenvalue weighted by atomic mass is 10.1. The van der Waals surface area contributed by atoms with Crippen molar-refractivity contribution in [1.29, 1.82) is 0 Å². The number of hydrogen-bond acceptors (Lipinski definition) is 6. The van der Waals surface area contributed by atoms with Crippen LogP contribution in [0.3, 0.4) is 0 Å². The third-order valence-electron chi connectivity index (χ3n) is 6.18. The van der Waals surface area contributed by atoms with Gasteiger partial charge in [-0.3, -0.25) is 14.3 Å². The van der Waals surface area contributed by atoms with Gasteiger partial charge in [-0.1, -0.05) is 18.2 Å². The summed E-state index contributed by atoms with van der Waals surface area (Å²) in [5.41, 5.74) is 2.86. The summed E-state index contributed by atoms with van der Waals surface area (Å²) in [7, 11) is 1.89. The van der Waals surface area contributed by atoms with Crippen LogP contribution in [0, 0.1) is 0 Å². The maximum absolute atomic E-state index is 13.4. The maximum Gasteiger partial charge on any atom is 0.225 e. The molecule has 4 rings (SSSR count). The number of amides is 2. The first-order chi connectivity index (χ1) is 16.5. The van der Waals surface area contributed by atoms with E-state index in [2.05, 4.69) is 20.0 Å². The van der Waals surface area contributed by atoms with Gasteiger partial charge in [0.25, 0.3) is 0 Å². The third-order valence-corrected chi connectivity index (χ3v) is 6.18. The van der Waals surface area contributed by atoms with Gasteiger partial charge in [-0.2, -0.15) is 5.10 Å². The van der Waals surface area contributed by atoms with Crippen LogP contribution in [0.2, 0.25) is 0 Å². The van der Waals surface area contributed by atoms with Crippen molar-refractivity contribution < 1.29 is 9.59 Å². The maximum atomic E-state index is 13.4. The number of fused-ring (bicyclic) bond motifs is 1. The lowest BCUT2D eigenvalue weighted by molar-refractivity contribution is -0.131. The molecule has 0 saturated carbocycles. The fraction of sp³-hybridized carbons (Fsp3) is 0.400. The highest BCUT2D eigenvalue weighted by molar-refractivity contribution is 5.92. The Kier molecular flexibility index (Phi) is 7.51. The standard InChI is InChI=1S/C25H31N7O2/c1-20(33)32-16-6-15-30(25-26-12-5-13-27-25)17-18-31(19-21-7-3-4-8-23(21)32)24(34)10-9-22-11-14-28-29(22)2/h3-5,7-8,11-14H,6,9-10,15-19H2,1-2H3. The van der Waals surface area contributed by atoms with E-state index in [9.17, 15) is 9.59 Å². The van der Waals surface area contributed by atoms with Crippen LogP contribution in [-0.4, -0.2) is 62.6 Å². The van der Waals surface area contributed by atoms with Crippen molar-refractivity contribution in [2.75, 3.05) is 36.0 Å². The first-order valence-electron chi connectivity index (χ1n) is 11.7. The quantitative estimate of drug-likeness (QED) is 0.593. The number of carbonyl (C=O) groups excluding carboxylic acids is 2. The van der Waals surface area contributed by atoms with Crippen LogP contribution in [0.1, 0.15) is 31.0 Å². The second-order valence-electron chi connectivity index (χ2n) is 8.45. The van der Waals surface area contributed by atoms with Crippen molar-refractivity contribution in [3.63, 3.8) is 0 Å². The zero-order valence-corrected chi connectivity index (χ0v) is 19.8. The fourth-order valence-electron chi connectivity index (χ4n) is 4.32. The van der Waals surface area contributed by atoms with Gasteiger partial charge in [-0.25, -0.2) is 9.97 Å². The molecule has 34 heavy (non-hydrogen) atoms. The molecule has 2 amide bonds. The highest BCUT2D eigenvalue weighted by Crippen LogP contribution is 2.24. The van der Waals surface area contributed by atoms with E-state index in [0.29, 0.717) is 51.5 Å². The lowest BCUT2D eigenvalue weighted by Crippen LogP contribution is -2.39. The molecular weight excluding hydrogens is 430 g/mol. The first-order valence-corrected chi connectivity index (χ1v) is 11.7. The monoisotopic (exact) mass is 461 g/mol. The summed E-state index contributed by atoms with van der Waals surface area (Å²) < 4.78 is 1.80. The van der Waals surface area contributed by atoms with E-state index in [-0.39, 0.29) is 11.8 Å². The van der Waals surface area contributed by atoms with Gasteiger partial charge in [0.2, 0.25) is 17.8 Å². The zero-order valence-electron chi connectivity index (χ0n) is 19.8. The van der Waals surface area contributed by atoms with E-state index in [1.807, 2.05) is 47.2 Å². The Labute approximate surface area is 200 Å². The minimum Gasteiger partial charge on any atom is -0.339 e. The van der Waals surface area contributed by atoms with Crippen molar-refractivity contribution in [2.24, 2.45) is 7.05 Å². The molecule has 1 aromatic carbocycles. The van der Waals surface area contributed by atoms with Gasteiger partial charge < -0.3 is 14.7 Å². The molecule has 9 nitrogen and oxygen atoms in total. The summed E-state index contributed by atoms with van der Waals surface area (Å²) in [6.07, 6.45) is 6.97. The molecule has 1 aliphatic rings. The van der Waals surface area contributed by atoms with Crippen molar-refractivity contribution in [3.05, 3.63) is 66.2 Å². The molecule has 0 spiro atoms. The normalized spacial score (nSPS) is 14.9. The van der Waals surface area contributed by atoms with Gasteiger partial charge in [0.15, 0.2) is 0 Å². The van der Waals surface area contributed by atoms with Gasteiger partial charge in [0.05, 0.1) is 0 Å². The van der Waals surface area contributed by atoms with Crippen LogP contribution in [0.5, 0.6) is 0 Å². The minimum absolute atomic E-state index is 0.0108. The Bertz CT molecular complexity index is 1120. The SMILES string of the molecule is CC(=O)N1CCCN(c2ncccn2)CCN(C(=O)CCc2ccnn2C)Cc2ccccc21. The van der Waals surface area contributed by atoms with Crippen LogP contribution in [0.15, 0.2) is 55.0 Å². The summed E-state index contributed by atoms with van der Waals surface area (Å²) >= 11 is 0. The molecule has 2 aromatic heterocycles. The van der Waals surface area contributed by atoms with Crippen molar-refractivity contribution >= 4 is 23.5 Å². The van der Waals surface area contributed by atoms with Crippen LogP contribution in [0.4, 0.5) is 11.6 Å². The molecular formula is C25H31N7O2. The number of carbonyl (C=O) groups is 2. The molecule has 0 radical (unpaired) electrons. The second-order valence-corrected chi connectivity index (χ2v) is 8.45. The van der Waals surface area contributed by atoms with Gasteiger partial charge in [-0.15, -0.1) is 0 Å². The Morgan fingerprint density at radius 1 is 0.941 bits per heavy atom. The van der Waals surface area contributed by atoms with E-state index < -0.39 is 0 Å². The van der Waals surface area contributed by atoms with Gasteiger partial charge in [-0.05, 0) is 36.6 Å². The first kappa shape index (κ1) is 23.4. The van der Waals surface area contributed by atoms with E-state index in [0.717, 1.165) is 23.4 Å². The molecule has 0 unspecified atom stereocenters. The minimum atomic E-state index is -0.0108. The molecule has 0 bridgehead atoms. The summed E-state index contributed by atoms with van der Waals surface area (Å²) in [5.74, 6) is 0.692. The number of para-hydroxylation sites is 1. The Balaban J connectivity index is 1.61. The highest BCUT2D eigenvalue weighted by Gasteiger charge is 2.23. The average molecular weight is 462 g/mol. The molecule has 1 aliphatic heterocycles. The number of aryl methyl sites for hydroxylation is 2. The van der Waals surface area contributed by atoms with Crippen molar-refractivity contribution in [3.8, 4) is 0 Å². The van der Waals surface area contributed by atoms with Gasteiger partial charge in [0, 0.05) is 83.1 Å². The fourth-order valence-corrected chi connectivity index (χ4v) is 4.32. The Morgan fingerprint density at radius 3 is 2.47 bits per heavy atom. The topological polar surface area (TPSA) is 87.5 Å². The summed E-state index contributed by atoms with van der Waals surface area (Å²) in [5, 5.41) is 4.20. The number of hydrogen-bond donors (Lipinski definition) is 0. The van der Waals surface area contributed by atoms with E-state index >= 15 is 0 Å². The number of aromatic nitrogens is 4. The molecule has 9 heteroatoms. The number of anilines is 2. The van der Waals surface area contributed by atoms with Gasteiger partial charge in [0.1, 0.15) is 0 Å². The number of benzene rings is 1. The van der Waals surface area contributed by atoms with E-state index in [4.69, 9.17) is 0 Å². The predicted molar refractivity (Wildman–Crippen MR) is 130 cm³/mol. The van der Waals surface area contributed by atoms with Gasteiger partial charge >= 0.3 is 0 Å². The molecule has 0 atom stereocenters. The number of rotatable bonds is 4. The average Bonchev–Trinajstić information content (AvgIpc) is 3.24.